The van der Waals surface area contributed by atoms with Crippen LogP contribution in [0.15, 0.2) is 35.3 Å². The maximum atomic E-state index is 12.3. The molecular weight excluding hydrogens is 286 g/mol. The quantitative estimate of drug-likeness (QED) is 0.634. The number of aromatic nitrogens is 4. The molecule has 2 aromatic heterocycles. The van der Waals surface area contributed by atoms with Crippen molar-refractivity contribution in [2.24, 2.45) is 0 Å². The molecule has 3 N–H and O–H groups in total. The molecule has 114 valence electrons. The van der Waals surface area contributed by atoms with Gasteiger partial charge < -0.3 is 20.1 Å². The van der Waals surface area contributed by atoms with Crippen LogP contribution in [0, 0.1) is 0 Å². The van der Waals surface area contributed by atoms with Gasteiger partial charge in [-0.25, -0.2) is 14.3 Å². The van der Waals surface area contributed by atoms with Crippen molar-refractivity contribution < 1.29 is 9.84 Å². The molecule has 0 aliphatic heterocycles. The molecule has 1 aromatic carbocycles. The first-order valence-electron chi connectivity index (χ1n) is 6.70. The Morgan fingerprint density at radius 3 is 3.00 bits per heavy atom. The Morgan fingerprint density at radius 2 is 2.23 bits per heavy atom. The number of hydrogen-bond acceptors (Lipinski definition) is 6. The summed E-state index contributed by atoms with van der Waals surface area (Å²) in [5.74, 6) is 0.901. The molecule has 0 aliphatic carbocycles. The highest BCUT2D eigenvalue weighted by atomic mass is 16.5. The fraction of sp³-hybridized carbons (Fsp3) is 0.214. The van der Waals surface area contributed by atoms with Crippen molar-refractivity contribution in [2.45, 2.75) is 0 Å². The maximum absolute atomic E-state index is 12.3. The molecule has 0 aliphatic rings. The number of ether oxygens (including phenoxy) is 1. The van der Waals surface area contributed by atoms with Gasteiger partial charge in [-0.1, -0.05) is 12.1 Å². The van der Waals surface area contributed by atoms with Gasteiger partial charge in [0, 0.05) is 6.54 Å². The highest BCUT2D eigenvalue weighted by Crippen LogP contribution is 2.23. The number of rotatable bonds is 5. The van der Waals surface area contributed by atoms with Crippen LogP contribution >= 0.6 is 0 Å². The van der Waals surface area contributed by atoms with E-state index in [1.54, 1.807) is 19.2 Å². The minimum absolute atomic E-state index is 0.0339. The summed E-state index contributed by atoms with van der Waals surface area (Å²) in [7, 11) is 1.54. The lowest BCUT2D eigenvalue weighted by atomic mass is 10.3. The van der Waals surface area contributed by atoms with Gasteiger partial charge in [0.05, 0.1) is 25.6 Å². The number of hydrogen-bond donors (Lipinski definition) is 3. The molecule has 0 unspecified atom stereocenters. The van der Waals surface area contributed by atoms with Gasteiger partial charge >= 0.3 is 5.69 Å². The van der Waals surface area contributed by atoms with Gasteiger partial charge in [-0.05, 0) is 12.1 Å². The normalized spacial score (nSPS) is 10.8. The van der Waals surface area contributed by atoms with Gasteiger partial charge in [0.25, 0.3) is 0 Å². The zero-order valence-corrected chi connectivity index (χ0v) is 11.9. The van der Waals surface area contributed by atoms with Crippen LogP contribution in [-0.2, 0) is 0 Å². The Morgan fingerprint density at radius 1 is 1.41 bits per heavy atom. The number of benzene rings is 1. The lowest BCUT2D eigenvalue weighted by Gasteiger charge is -2.09. The summed E-state index contributed by atoms with van der Waals surface area (Å²) < 4.78 is 6.73. The van der Waals surface area contributed by atoms with Crippen molar-refractivity contribution in [2.75, 3.05) is 25.6 Å². The average molecular weight is 301 g/mol. The fourth-order valence-corrected chi connectivity index (χ4v) is 2.19. The number of methoxy groups -OCH3 is 1. The average Bonchev–Trinajstić information content (AvgIpc) is 2.87. The molecule has 3 rings (SSSR count). The van der Waals surface area contributed by atoms with E-state index in [0.29, 0.717) is 35.1 Å². The smallest absolute Gasteiger partial charge is 0.332 e. The van der Waals surface area contributed by atoms with E-state index in [1.165, 1.54) is 10.8 Å². The number of nitrogens with one attached hydrogen (secondary N) is 2. The number of fused-ring (bicyclic) bond motifs is 1. The molecular formula is C14H15N5O3. The Bertz CT molecular complexity index is 855. The van der Waals surface area contributed by atoms with E-state index >= 15 is 0 Å². The fourth-order valence-electron chi connectivity index (χ4n) is 2.19. The molecule has 0 bridgehead atoms. The monoisotopic (exact) mass is 301 g/mol. The van der Waals surface area contributed by atoms with Crippen molar-refractivity contribution in [1.29, 1.82) is 0 Å². The topological polar surface area (TPSA) is 105 Å². The van der Waals surface area contributed by atoms with Crippen molar-refractivity contribution in [3.63, 3.8) is 0 Å². The third-order valence-corrected chi connectivity index (χ3v) is 3.15. The van der Waals surface area contributed by atoms with Crippen LogP contribution in [0.2, 0.25) is 0 Å². The van der Waals surface area contributed by atoms with Gasteiger partial charge in [0.2, 0.25) is 5.95 Å². The molecule has 3 aromatic rings. The van der Waals surface area contributed by atoms with Crippen LogP contribution in [0.4, 0.5) is 5.95 Å². The molecule has 0 amide bonds. The standard InChI is InChI=1S/C14H15N5O3/c1-22-11-5-3-2-4-10(11)19-12-9(17-14(19)21)8-16-13(18-12)15-6-7-20/h2-5,8,20H,6-7H2,1H3,(H,17,21)(H,15,16,18). The van der Waals surface area contributed by atoms with Gasteiger partial charge in [0.15, 0.2) is 5.65 Å². The van der Waals surface area contributed by atoms with E-state index in [9.17, 15) is 4.79 Å². The zero-order valence-electron chi connectivity index (χ0n) is 11.9. The second-order valence-electron chi connectivity index (χ2n) is 4.52. The lowest BCUT2D eigenvalue weighted by Crippen LogP contribution is -2.16. The number of nitrogens with zero attached hydrogens (tertiary/aromatic N) is 3. The summed E-state index contributed by atoms with van der Waals surface area (Å²) in [5, 5.41) is 11.7. The third-order valence-electron chi connectivity index (χ3n) is 3.15. The van der Waals surface area contributed by atoms with Crippen molar-refractivity contribution in [3.8, 4) is 11.4 Å². The van der Waals surface area contributed by atoms with Crippen LogP contribution < -0.4 is 15.7 Å². The van der Waals surface area contributed by atoms with Crippen molar-refractivity contribution in [1.82, 2.24) is 19.5 Å². The Hall–Kier alpha value is -2.87. The molecule has 0 spiro atoms. The minimum atomic E-state index is -0.326. The van der Waals surface area contributed by atoms with Crippen LogP contribution in [0.3, 0.4) is 0 Å². The lowest BCUT2D eigenvalue weighted by molar-refractivity contribution is 0.311. The number of imidazole rings is 1. The van der Waals surface area contributed by atoms with Crippen molar-refractivity contribution in [3.05, 3.63) is 40.9 Å². The number of para-hydroxylation sites is 2. The second kappa shape index (κ2) is 5.86. The molecule has 22 heavy (non-hydrogen) atoms. The third kappa shape index (κ3) is 2.40. The van der Waals surface area contributed by atoms with E-state index in [0.717, 1.165) is 0 Å². The van der Waals surface area contributed by atoms with E-state index in [4.69, 9.17) is 9.84 Å². The molecule has 2 heterocycles. The Labute approximate surface area is 125 Å². The van der Waals surface area contributed by atoms with Gasteiger partial charge in [-0.15, -0.1) is 0 Å². The molecule has 0 radical (unpaired) electrons. The van der Waals surface area contributed by atoms with Crippen molar-refractivity contribution >= 4 is 17.1 Å². The second-order valence-corrected chi connectivity index (χ2v) is 4.52. The SMILES string of the molecule is COc1ccccc1-n1c(=O)[nH]c2cnc(NCCO)nc21. The number of aromatic amines is 1. The minimum Gasteiger partial charge on any atom is -0.495 e. The number of anilines is 1. The van der Waals surface area contributed by atoms with Crippen LogP contribution in [-0.4, -0.2) is 44.9 Å². The van der Waals surface area contributed by atoms with E-state index in [1.807, 2.05) is 12.1 Å². The summed E-state index contributed by atoms with van der Waals surface area (Å²) in [6.45, 7) is 0.294. The number of aliphatic hydroxyl groups excluding tert-OH is 1. The predicted molar refractivity (Wildman–Crippen MR) is 81.6 cm³/mol. The molecule has 0 fully saturated rings. The summed E-state index contributed by atoms with van der Waals surface area (Å²) in [5.41, 5.74) is 1.22. The van der Waals surface area contributed by atoms with Crippen LogP contribution in [0.25, 0.3) is 16.9 Å². The molecule has 0 saturated carbocycles. The van der Waals surface area contributed by atoms with Crippen LogP contribution in [0.5, 0.6) is 5.75 Å². The largest absolute Gasteiger partial charge is 0.495 e. The highest BCUT2D eigenvalue weighted by molar-refractivity contribution is 5.74. The summed E-state index contributed by atoms with van der Waals surface area (Å²) in [6.07, 6.45) is 1.52. The first kappa shape index (κ1) is 14.1. The van der Waals surface area contributed by atoms with E-state index < -0.39 is 0 Å². The maximum Gasteiger partial charge on any atom is 0.332 e. The van der Waals surface area contributed by atoms with E-state index in [-0.39, 0.29) is 12.3 Å². The Balaban J connectivity index is 2.19. The number of H-pyrrole nitrogens is 1. The molecule has 8 heteroatoms. The number of aliphatic hydroxyl groups is 1. The summed E-state index contributed by atoms with van der Waals surface area (Å²) in [6, 6.07) is 7.18. The van der Waals surface area contributed by atoms with Gasteiger partial charge in [0.1, 0.15) is 11.3 Å². The molecule has 8 nitrogen and oxygen atoms in total. The zero-order chi connectivity index (χ0) is 15.5. The summed E-state index contributed by atoms with van der Waals surface area (Å²) >= 11 is 0. The molecule has 0 atom stereocenters. The Kier molecular flexibility index (Phi) is 3.75. The first-order valence-corrected chi connectivity index (χ1v) is 6.70. The first-order chi connectivity index (χ1) is 10.7. The van der Waals surface area contributed by atoms with Gasteiger partial charge in [-0.2, -0.15) is 4.98 Å². The van der Waals surface area contributed by atoms with Gasteiger partial charge in [-0.3, -0.25) is 0 Å². The van der Waals surface area contributed by atoms with E-state index in [2.05, 4.69) is 20.3 Å². The highest BCUT2D eigenvalue weighted by Gasteiger charge is 2.14. The molecule has 0 saturated heterocycles. The predicted octanol–water partition coefficient (Wildman–Crippen LogP) is 0.522. The summed E-state index contributed by atoms with van der Waals surface area (Å²) in [4.78, 5) is 23.4. The van der Waals surface area contributed by atoms with Crippen LogP contribution in [0.1, 0.15) is 0 Å².